The van der Waals surface area contributed by atoms with Crippen LogP contribution in [0.4, 0.5) is 0 Å². The molecular weight excluding hydrogens is 331 g/mol. The van der Waals surface area contributed by atoms with Crippen molar-refractivity contribution in [3.05, 3.63) is 35.9 Å². The van der Waals surface area contributed by atoms with E-state index in [0.29, 0.717) is 6.42 Å². The van der Waals surface area contributed by atoms with E-state index in [4.69, 9.17) is 0 Å². The first-order chi connectivity index (χ1) is 11.6. The van der Waals surface area contributed by atoms with Crippen molar-refractivity contribution in [1.82, 2.24) is 0 Å². The third-order valence-electron chi connectivity index (χ3n) is 5.81. The second kappa shape index (κ2) is 9.46. The molecule has 0 aliphatic carbocycles. The van der Waals surface area contributed by atoms with E-state index in [1.54, 1.807) is 13.8 Å². The molecule has 0 amide bonds. The summed E-state index contributed by atoms with van der Waals surface area (Å²) in [7, 11) is -4.85. The number of rotatable bonds is 12. The molecule has 4 heteroatoms. The number of unbranched alkanes of at least 4 members (excludes halogenated alkanes) is 7. The number of hydrogen-bond acceptors (Lipinski definition) is 3. The van der Waals surface area contributed by atoms with Gasteiger partial charge in [-0.05, 0) is 0 Å². The summed E-state index contributed by atoms with van der Waals surface area (Å²) in [5, 5.41) is -1.01. The Morgan fingerprint density at radius 2 is 1.32 bits per heavy atom. The summed E-state index contributed by atoms with van der Waals surface area (Å²) in [5.74, 6) is 0. The van der Waals surface area contributed by atoms with Gasteiger partial charge in [-0.25, -0.2) is 0 Å². The predicted molar refractivity (Wildman–Crippen MR) is 110 cm³/mol. The van der Waals surface area contributed by atoms with Crippen LogP contribution in [0.25, 0.3) is 0 Å². The van der Waals surface area contributed by atoms with Gasteiger partial charge < -0.3 is 0 Å². The first kappa shape index (κ1) is 22.6. The van der Waals surface area contributed by atoms with Crippen LogP contribution in [-0.2, 0) is 5.16 Å². The molecule has 0 saturated heterocycles. The van der Waals surface area contributed by atoms with Crippen molar-refractivity contribution in [2.24, 2.45) is 0 Å². The minimum absolute atomic E-state index is 0.578. The Hall–Kier alpha value is -0.470. The summed E-state index contributed by atoms with van der Waals surface area (Å²) in [5.41, 5.74) is 0.238. The summed E-state index contributed by atoms with van der Waals surface area (Å²) in [6, 6.07) is 9.51. The zero-order chi connectivity index (χ0) is 19.0. The molecule has 0 radical (unpaired) electrons. The molecule has 25 heavy (non-hydrogen) atoms. The van der Waals surface area contributed by atoms with Crippen LogP contribution in [0.3, 0.4) is 0 Å². The fraction of sp³-hybridized carbons (Fsp3) is 0.714. The van der Waals surface area contributed by atoms with Gasteiger partial charge in [0.05, 0.1) is 0 Å². The topological polar surface area (TPSA) is 60.7 Å². The van der Waals surface area contributed by atoms with Crippen molar-refractivity contribution < 1.29 is 14.7 Å². The van der Waals surface area contributed by atoms with Gasteiger partial charge in [0.25, 0.3) is 0 Å². The quantitative estimate of drug-likeness (QED) is 0.307. The maximum absolute atomic E-state index is 11.0. The summed E-state index contributed by atoms with van der Waals surface area (Å²) in [4.78, 5) is 32.9. The first-order valence-corrected chi connectivity index (χ1v) is 12.1. The van der Waals surface area contributed by atoms with Crippen molar-refractivity contribution >= 4 is 7.28 Å². The molecular formula is C21H39O3P. The monoisotopic (exact) mass is 370 g/mol. The van der Waals surface area contributed by atoms with E-state index < -0.39 is 18.1 Å². The molecule has 0 aliphatic rings. The Kier molecular flexibility index (Phi) is 8.54. The predicted octanol–water partition coefficient (Wildman–Crippen LogP) is 6.12. The Bertz CT molecular complexity index is 493. The van der Waals surface area contributed by atoms with Crippen LogP contribution in [0.1, 0.15) is 91.0 Å². The third kappa shape index (κ3) is 5.50. The molecule has 1 rings (SSSR count). The Labute approximate surface area is 154 Å². The van der Waals surface area contributed by atoms with Gasteiger partial charge in [0, 0.05) is 0 Å². The van der Waals surface area contributed by atoms with Crippen molar-refractivity contribution in [1.29, 1.82) is 0 Å². The number of benzene rings is 1. The number of hydrogen-bond donors (Lipinski definition) is 3. The molecule has 0 bridgehead atoms. The maximum atomic E-state index is 11.0. The normalized spacial score (nSPS) is 16.4. The van der Waals surface area contributed by atoms with Crippen molar-refractivity contribution in [2.75, 3.05) is 0 Å². The summed E-state index contributed by atoms with van der Waals surface area (Å²) in [6.45, 7) is 7.45. The van der Waals surface area contributed by atoms with Gasteiger partial charge in [0.1, 0.15) is 0 Å². The van der Waals surface area contributed by atoms with Crippen LogP contribution >= 0.6 is 7.28 Å². The van der Waals surface area contributed by atoms with Gasteiger partial charge in [-0.2, -0.15) is 0 Å². The molecule has 1 atom stereocenters. The first-order valence-electron chi connectivity index (χ1n) is 9.96. The summed E-state index contributed by atoms with van der Waals surface area (Å²) >= 11 is 0. The van der Waals surface area contributed by atoms with Crippen molar-refractivity contribution in [3.63, 3.8) is 0 Å². The van der Waals surface area contributed by atoms with Crippen LogP contribution in [0.5, 0.6) is 0 Å². The van der Waals surface area contributed by atoms with Crippen molar-refractivity contribution in [3.8, 4) is 0 Å². The van der Waals surface area contributed by atoms with Crippen LogP contribution in [0, 0.1) is 0 Å². The van der Waals surface area contributed by atoms with Crippen LogP contribution in [0.2, 0.25) is 0 Å². The SMILES string of the molecule is CCCCCCCCCCC(C)(c1ccccc1)P(O)(O)(O)C(C)C. The molecule has 146 valence electrons. The van der Waals surface area contributed by atoms with Gasteiger partial charge in [-0.3, -0.25) is 0 Å². The third-order valence-corrected chi connectivity index (χ3v) is 10.1. The fourth-order valence-corrected chi connectivity index (χ4v) is 5.95. The van der Waals surface area contributed by atoms with E-state index in [2.05, 4.69) is 6.92 Å². The Morgan fingerprint density at radius 3 is 1.80 bits per heavy atom. The van der Waals surface area contributed by atoms with Gasteiger partial charge >= 0.3 is 154 Å². The molecule has 3 nitrogen and oxygen atoms in total. The van der Waals surface area contributed by atoms with E-state index in [-0.39, 0.29) is 0 Å². The standard InChI is InChI=1S/C21H39O3P/c1-5-6-7-8-9-10-11-15-18-21(4,20-16-13-12-14-17-20)25(22,23,24)19(2)3/h12-14,16-17,19,22-24H,5-11,15,18H2,1-4H3. The zero-order valence-corrected chi connectivity index (χ0v) is 17.5. The second-order valence-corrected chi connectivity index (χ2v) is 12.1. The van der Waals surface area contributed by atoms with Crippen molar-refractivity contribution in [2.45, 2.75) is 96.3 Å². The average Bonchev–Trinajstić information content (AvgIpc) is 2.57. The molecule has 0 heterocycles. The van der Waals surface area contributed by atoms with Gasteiger partial charge in [0.15, 0.2) is 0 Å². The molecule has 0 fully saturated rings. The van der Waals surface area contributed by atoms with Gasteiger partial charge in [0.2, 0.25) is 0 Å². The van der Waals surface area contributed by atoms with E-state index in [1.165, 1.54) is 38.5 Å². The van der Waals surface area contributed by atoms with Gasteiger partial charge in [-0.15, -0.1) is 0 Å². The van der Waals surface area contributed by atoms with Crippen LogP contribution < -0.4 is 0 Å². The molecule has 0 aromatic heterocycles. The molecule has 1 unspecified atom stereocenters. The zero-order valence-electron chi connectivity index (χ0n) is 16.6. The second-order valence-electron chi connectivity index (χ2n) is 8.00. The fourth-order valence-electron chi connectivity index (χ4n) is 3.58. The van der Waals surface area contributed by atoms with E-state index >= 15 is 0 Å². The molecule has 1 aromatic carbocycles. The molecule has 0 saturated carbocycles. The van der Waals surface area contributed by atoms with E-state index in [0.717, 1.165) is 18.4 Å². The molecule has 0 spiro atoms. The van der Waals surface area contributed by atoms with Crippen LogP contribution in [0.15, 0.2) is 30.3 Å². The Morgan fingerprint density at radius 1 is 0.840 bits per heavy atom. The van der Waals surface area contributed by atoms with Crippen LogP contribution in [-0.4, -0.2) is 20.3 Å². The molecule has 0 aliphatic heterocycles. The minimum atomic E-state index is -4.85. The van der Waals surface area contributed by atoms with Gasteiger partial charge in [-0.1, -0.05) is 0 Å². The Balaban J connectivity index is 2.75. The molecule has 3 N–H and O–H groups in total. The molecule has 1 aromatic rings. The van der Waals surface area contributed by atoms with E-state index in [9.17, 15) is 14.7 Å². The average molecular weight is 371 g/mol. The summed E-state index contributed by atoms with van der Waals surface area (Å²) in [6.07, 6.45) is 10.1. The van der Waals surface area contributed by atoms with E-state index in [1.807, 2.05) is 37.3 Å². The summed E-state index contributed by atoms with van der Waals surface area (Å²) < 4.78 is 0.